The van der Waals surface area contributed by atoms with Gasteiger partial charge in [-0.25, -0.2) is 0 Å². The standard InChI is InChI=1S/C11H7NO3S/c12-7-8-4-5-9-2-1-3-11(10(9)6-8)16(13,14)15/h1-6H,(H,13,14,15). The van der Waals surface area contributed by atoms with Crippen molar-refractivity contribution in [2.75, 3.05) is 0 Å². The molecule has 0 atom stereocenters. The minimum Gasteiger partial charge on any atom is -0.282 e. The van der Waals surface area contributed by atoms with Crippen LogP contribution in [0.15, 0.2) is 41.3 Å². The first-order valence-corrected chi connectivity index (χ1v) is 5.87. The molecule has 0 aliphatic rings. The lowest BCUT2D eigenvalue weighted by atomic mass is 10.1. The highest BCUT2D eigenvalue weighted by molar-refractivity contribution is 7.86. The van der Waals surface area contributed by atoms with E-state index in [-0.39, 0.29) is 4.90 Å². The molecule has 80 valence electrons. The maximum atomic E-state index is 11.1. The molecule has 0 aliphatic carbocycles. The van der Waals surface area contributed by atoms with Gasteiger partial charge in [-0.2, -0.15) is 13.7 Å². The van der Waals surface area contributed by atoms with E-state index in [4.69, 9.17) is 9.81 Å². The van der Waals surface area contributed by atoms with E-state index >= 15 is 0 Å². The third-order valence-corrected chi connectivity index (χ3v) is 3.16. The van der Waals surface area contributed by atoms with E-state index in [1.54, 1.807) is 18.2 Å². The molecule has 0 bridgehead atoms. The number of rotatable bonds is 1. The highest BCUT2D eigenvalue weighted by Crippen LogP contribution is 2.23. The Bertz CT molecular complexity index is 699. The van der Waals surface area contributed by atoms with Crippen molar-refractivity contribution >= 4 is 20.9 Å². The van der Waals surface area contributed by atoms with Gasteiger partial charge in [0.1, 0.15) is 4.90 Å². The molecule has 0 saturated heterocycles. The summed E-state index contributed by atoms with van der Waals surface area (Å²) in [7, 11) is -4.26. The summed E-state index contributed by atoms with van der Waals surface area (Å²) < 4.78 is 31.3. The van der Waals surface area contributed by atoms with Gasteiger partial charge in [-0.3, -0.25) is 4.55 Å². The summed E-state index contributed by atoms with van der Waals surface area (Å²) in [5.74, 6) is 0. The second-order valence-electron chi connectivity index (χ2n) is 3.28. The van der Waals surface area contributed by atoms with Gasteiger partial charge in [0, 0.05) is 5.39 Å². The fourth-order valence-corrected chi connectivity index (χ4v) is 2.24. The lowest BCUT2D eigenvalue weighted by Gasteiger charge is -2.03. The highest BCUT2D eigenvalue weighted by Gasteiger charge is 2.13. The van der Waals surface area contributed by atoms with Gasteiger partial charge in [0.15, 0.2) is 0 Å². The predicted molar refractivity (Wildman–Crippen MR) is 58.5 cm³/mol. The van der Waals surface area contributed by atoms with Gasteiger partial charge in [-0.15, -0.1) is 0 Å². The fourth-order valence-electron chi connectivity index (χ4n) is 1.54. The fraction of sp³-hybridized carbons (Fsp3) is 0. The van der Waals surface area contributed by atoms with Gasteiger partial charge in [0.2, 0.25) is 0 Å². The molecule has 2 aromatic rings. The Labute approximate surface area is 92.5 Å². The second-order valence-corrected chi connectivity index (χ2v) is 4.67. The summed E-state index contributed by atoms with van der Waals surface area (Å²) in [6, 6.07) is 11.2. The number of benzene rings is 2. The molecule has 0 aliphatic heterocycles. The minimum atomic E-state index is -4.26. The normalized spacial score (nSPS) is 11.2. The first-order valence-electron chi connectivity index (χ1n) is 4.43. The number of fused-ring (bicyclic) bond motifs is 1. The van der Waals surface area contributed by atoms with Crippen molar-refractivity contribution in [2.45, 2.75) is 4.90 Å². The van der Waals surface area contributed by atoms with Crippen molar-refractivity contribution < 1.29 is 13.0 Å². The summed E-state index contributed by atoms with van der Waals surface area (Å²) >= 11 is 0. The van der Waals surface area contributed by atoms with Crippen molar-refractivity contribution in [3.63, 3.8) is 0 Å². The topological polar surface area (TPSA) is 78.2 Å². The van der Waals surface area contributed by atoms with Crippen LogP contribution < -0.4 is 0 Å². The smallest absolute Gasteiger partial charge is 0.282 e. The molecule has 0 radical (unpaired) electrons. The van der Waals surface area contributed by atoms with Crippen molar-refractivity contribution in [3.05, 3.63) is 42.0 Å². The van der Waals surface area contributed by atoms with Crippen molar-refractivity contribution in [1.82, 2.24) is 0 Å². The Balaban J connectivity index is 2.91. The molecule has 5 heteroatoms. The summed E-state index contributed by atoms with van der Waals surface area (Å²) in [4.78, 5) is -0.179. The maximum Gasteiger partial charge on any atom is 0.295 e. The van der Waals surface area contributed by atoms with Crippen molar-refractivity contribution in [2.24, 2.45) is 0 Å². The van der Waals surface area contributed by atoms with E-state index in [9.17, 15) is 8.42 Å². The monoisotopic (exact) mass is 233 g/mol. The molecule has 16 heavy (non-hydrogen) atoms. The van der Waals surface area contributed by atoms with E-state index in [0.29, 0.717) is 16.3 Å². The van der Waals surface area contributed by atoms with Gasteiger partial charge >= 0.3 is 0 Å². The van der Waals surface area contributed by atoms with Crippen molar-refractivity contribution in [3.8, 4) is 6.07 Å². The molecule has 0 unspecified atom stereocenters. The first-order chi connectivity index (χ1) is 7.52. The molecule has 0 aromatic heterocycles. The van der Waals surface area contributed by atoms with Crippen LogP contribution in [0.1, 0.15) is 5.56 Å². The Morgan fingerprint density at radius 1 is 1.19 bits per heavy atom. The molecular weight excluding hydrogens is 226 g/mol. The molecule has 0 fully saturated rings. The van der Waals surface area contributed by atoms with Gasteiger partial charge in [-0.05, 0) is 23.6 Å². The Morgan fingerprint density at radius 3 is 2.56 bits per heavy atom. The van der Waals surface area contributed by atoms with Crippen LogP contribution in [0.2, 0.25) is 0 Å². The molecule has 0 amide bonds. The Morgan fingerprint density at radius 2 is 1.94 bits per heavy atom. The van der Waals surface area contributed by atoms with E-state index in [1.165, 1.54) is 18.2 Å². The van der Waals surface area contributed by atoms with Gasteiger partial charge < -0.3 is 0 Å². The highest BCUT2D eigenvalue weighted by atomic mass is 32.2. The molecular formula is C11H7NO3S. The lowest BCUT2D eigenvalue weighted by Crippen LogP contribution is -1.98. The predicted octanol–water partition coefficient (Wildman–Crippen LogP) is 1.96. The average molecular weight is 233 g/mol. The van der Waals surface area contributed by atoms with Gasteiger partial charge in [0.25, 0.3) is 10.1 Å². The third-order valence-electron chi connectivity index (χ3n) is 2.25. The summed E-state index contributed by atoms with van der Waals surface area (Å²) in [6.07, 6.45) is 0. The zero-order valence-corrected chi connectivity index (χ0v) is 8.90. The number of hydrogen-bond acceptors (Lipinski definition) is 3. The SMILES string of the molecule is N#Cc1ccc2cccc(S(=O)(=O)O)c2c1. The molecule has 4 nitrogen and oxygen atoms in total. The van der Waals surface area contributed by atoms with Gasteiger partial charge in [-0.1, -0.05) is 18.2 Å². The van der Waals surface area contributed by atoms with Crippen LogP contribution in [0.4, 0.5) is 0 Å². The van der Waals surface area contributed by atoms with Gasteiger partial charge in [0.05, 0.1) is 11.6 Å². The number of nitrogens with zero attached hydrogens (tertiary/aromatic N) is 1. The molecule has 0 spiro atoms. The van der Waals surface area contributed by atoms with Crippen LogP contribution in [-0.2, 0) is 10.1 Å². The summed E-state index contributed by atoms with van der Waals surface area (Å²) in [5, 5.41) is 9.74. The van der Waals surface area contributed by atoms with Crippen LogP contribution in [0.5, 0.6) is 0 Å². The quantitative estimate of drug-likeness (QED) is 0.763. The molecule has 1 N–H and O–H groups in total. The minimum absolute atomic E-state index is 0.179. The van der Waals surface area contributed by atoms with E-state index in [0.717, 1.165) is 0 Å². The van der Waals surface area contributed by atoms with E-state index < -0.39 is 10.1 Å². The van der Waals surface area contributed by atoms with E-state index in [2.05, 4.69) is 0 Å². The number of hydrogen-bond donors (Lipinski definition) is 1. The second kappa shape index (κ2) is 3.59. The Kier molecular flexibility index (Phi) is 2.38. The summed E-state index contributed by atoms with van der Waals surface area (Å²) in [6.45, 7) is 0. The van der Waals surface area contributed by atoms with Crippen molar-refractivity contribution in [1.29, 1.82) is 5.26 Å². The van der Waals surface area contributed by atoms with Crippen LogP contribution in [0.3, 0.4) is 0 Å². The molecule has 0 saturated carbocycles. The molecule has 2 rings (SSSR count). The van der Waals surface area contributed by atoms with Crippen LogP contribution in [0.25, 0.3) is 10.8 Å². The van der Waals surface area contributed by atoms with E-state index in [1.807, 2.05) is 6.07 Å². The molecule has 0 heterocycles. The van der Waals surface area contributed by atoms with Crippen LogP contribution in [-0.4, -0.2) is 13.0 Å². The zero-order chi connectivity index (χ0) is 11.8. The molecule has 2 aromatic carbocycles. The maximum absolute atomic E-state index is 11.1. The third kappa shape index (κ3) is 1.76. The van der Waals surface area contributed by atoms with Crippen LogP contribution >= 0.6 is 0 Å². The first kappa shape index (κ1) is 10.6. The lowest BCUT2D eigenvalue weighted by molar-refractivity contribution is 0.484. The van der Waals surface area contributed by atoms with Crippen LogP contribution in [0, 0.1) is 11.3 Å². The zero-order valence-electron chi connectivity index (χ0n) is 8.08. The summed E-state index contributed by atoms with van der Waals surface area (Å²) in [5.41, 5.74) is 0.351. The average Bonchev–Trinajstić information content (AvgIpc) is 2.26. The largest absolute Gasteiger partial charge is 0.295 e. The Hall–Kier alpha value is -1.90. The number of nitriles is 1.